The second-order valence-electron chi connectivity index (χ2n) is 3.64. The fourth-order valence-electron chi connectivity index (χ4n) is 1.29. The van der Waals surface area contributed by atoms with E-state index in [9.17, 15) is 9.59 Å². The fourth-order valence-corrected chi connectivity index (χ4v) is 1.29. The summed E-state index contributed by atoms with van der Waals surface area (Å²) in [5.74, 6) is -0.367. The Bertz CT molecular complexity index is 431. The summed E-state index contributed by atoms with van der Waals surface area (Å²) in [7, 11) is 0. The molecular weight excluding hydrogens is 220 g/mol. The van der Waals surface area contributed by atoms with Crippen LogP contribution in [0, 0.1) is 6.92 Å². The summed E-state index contributed by atoms with van der Waals surface area (Å²) in [5, 5.41) is 5.26. The van der Waals surface area contributed by atoms with Gasteiger partial charge in [-0.1, -0.05) is 0 Å². The quantitative estimate of drug-likeness (QED) is 0.633. The number of anilines is 1. The molecule has 2 amide bonds. The first-order chi connectivity index (χ1) is 8.00. The van der Waals surface area contributed by atoms with Crippen LogP contribution in [0.1, 0.15) is 23.0 Å². The maximum Gasteiger partial charge on any atom is 0.253 e. The highest BCUT2D eigenvalue weighted by Gasteiger charge is 2.09. The van der Waals surface area contributed by atoms with Gasteiger partial charge >= 0.3 is 0 Å². The number of nitrogens with one attached hydrogen (secondary N) is 2. The van der Waals surface area contributed by atoms with Crippen LogP contribution in [-0.2, 0) is 4.79 Å². The molecule has 0 radical (unpaired) electrons. The monoisotopic (exact) mass is 236 g/mol. The molecule has 0 aliphatic heterocycles. The minimum atomic E-state index is -0.243. The molecule has 6 heteroatoms. The third-order valence-corrected chi connectivity index (χ3v) is 2.14. The van der Waals surface area contributed by atoms with E-state index in [2.05, 4.69) is 15.6 Å². The van der Waals surface area contributed by atoms with E-state index in [-0.39, 0.29) is 11.8 Å². The molecule has 0 aliphatic carbocycles. The van der Waals surface area contributed by atoms with Crippen molar-refractivity contribution in [3.63, 3.8) is 0 Å². The Hall–Kier alpha value is -2.11. The smallest absolute Gasteiger partial charge is 0.253 e. The lowest BCUT2D eigenvalue weighted by molar-refractivity contribution is -0.118. The van der Waals surface area contributed by atoms with Crippen molar-refractivity contribution in [2.75, 3.05) is 18.8 Å². The maximum atomic E-state index is 11.7. The van der Waals surface area contributed by atoms with Gasteiger partial charge in [0.05, 0.1) is 23.1 Å². The normalized spacial score (nSPS) is 9.76. The topological polar surface area (TPSA) is 97.1 Å². The van der Waals surface area contributed by atoms with E-state index < -0.39 is 0 Å². The summed E-state index contributed by atoms with van der Waals surface area (Å²) in [6.45, 7) is 3.93. The lowest BCUT2D eigenvalue weighted by Crippen LogP contribution is -2.34. The van der Waals surface area contributed by atoms with Gasteiger partial charge in [-0.15, -0.1) is 0 Å². The van der Waals surface area contributed by atoms with Crippen LogP contribution in [0.4, 0.5) is 5.69 Å². The minimum Gasteiger partial charge on any atom is -0.397 e. The molecule has 1 rings (SSSR count). The number of pyridine rings is 1. The molecule has 0 aliphatic rings. The Morgan fingerprint density at radius 3 is 2.65 bits per heavy atom. The highest BCUT2D eigenvalue weighted by atomic mass is 16.2. The van der Waals surface area contributed by atoms with Crippen LogP contribution < -0.4 is 16.4 Å². The zero-order valence-electron chi connectivity index (χ0n) is 9.91. The number of carbonyl (C=O) groups is 2. The van der Waals surface area contributed by atoms with Crippen molar-refractivity contribution in [3.8, 4) is 0 Å². The number of nitrogen functional groups attached to an aromatic ring is 1. The number of hydrogen-bond donors (Lipinski definition) is 3. The van der Waals surface area contributed by atoms with E-state index in [0.29, 0.717) is 30.0 Å². The van der Waals surface area contributed by atoms with E-state index in [1.165, 1.54) is 13.1 Å². The molecule has 1 aromatic heterocycles. The molecule has 6 nitrogen and oxygen atoms in total. The van der Waals surface area contributed by atoms with Crippen molar-refractivity contribution in [2.45, 2.75) is 13.8 Å². The van der Waals surface area contributed by atoms with Gasteiger partial charge in [0.1, 0.15) is 0 Å². The van der Waals surface area contributed by atoms with Gasteiger partial charge in [-0.25, -0.2) is 0 Å². The molecule has 0 saturated heterocycles. The zero-order valence-corrected chi connectivity index (χ0v) is 9.91. The third-order valence-electron chi connectivity index (χ3n) is 2.14. The second-order valence-corrected chi connectivity index (χ2v) is 3.64. The lowest BCUT2D eigenvalue weighted by Gasteiger charge is -2.08. The van der Waals surface area contributed by atoms with E-state index in [0.717, 1.165) is 0 Å². The van der Waals surface area contributed by atoms with Crippen molar-refractivity contribution in [2.24, 2.45) is 0 Å². The SMILES string of the molecule is CC(=O)NCCNC(=O)c1cc(N)cnc1C. The summed E-state index contributed by atoms with van der Waals surface area (Å²) < 4.78 is 0. The number of aryl methyl sites for hydroxylation is 1. The molecule has 0 unspecified atom stereocenters. The summed E-state index contributed by atoms with van der Waals surface area (Å²) in [4.78, 5) is 26.4. The van der Waals surface area contributed by atoms with Crippen molar-refractivity contribution in [1.82, 2.24) is 15.6 Å². The molecule has 0 spiro atoms. The van der Waals surface area contributed by atoms with Crippen molar-refractivity contribution in [1.29, 1.82) is 0 Å². The zero-order chi connectivity index (χ0) is 12.8. The van der Waals surface area contributed by atoms with E-state index >= 15 is 0 Å². The van der Waals surface area contributed by atoms with Crippen LogP contribution >= 0.6 is 0 Å². The first-order valence-electron chi connectivity index (χ1n) is 5.25. The van der Waals surface area contributed by atoms with Gasteiger partial charge in [-0.2, -0.15) is 0 Å². The number of amides is 2. The first kappa shape index (κ1) is 13.0. The molecule has 0 fully saturated rings. The second kappa shape index (κ2) is 5.83. The number of aromatic nitrogens is 1. The van der Waals surface area contributed by atoms with Gasteiger partial charge in [0.25, 0.3) is 5.91 Å². The minimum absolute atomic E-state index is 0.124. The number of nitrogens with zero attached hydrogens (tertiary/aromatic N) is 1. The Morgan fingerprint density at radius 1 is 1.35 bits per heavy atom. The average Bonchev–Trinajstić information content (AvgIpc) is 2.27. The number of rotatable bonds is 4. The lowest BCUT2D eigenvalue weighted by atomic mass is 10.2. The van der Waals surface area contributed by atoms with Crippen LogP contribution in [0.2, 0.25) is 0 Å². The molecule has 17 heavy (non-hydrogen) atoms. The summed E-state index contributed by atoms with van der Waals surface area (Å²) >= 11 is 0. The van der Waals surface area contributed by atoms with Crippen molar-refractivity contribution in [3.05, 3.63) is 23.5 Å². The number of nitrogens with two attached hydrogens (primary N) is 1. The highest BCUT2D eigenvalue weighted by Crippen LogP contribution is 2.08. The van der Waals surface area contributed by atoms with Crippen LogP contribution in [0.5, 0.6) is 0 Å². The van der Waals surface area contributed by atoms with Gasteiger partial charge in [0.2, 0.25) is 5.91 Å². The molecule has 1 heterocycles. The van der Waals surface area contributed by atoms with E-state index in [4.69, 9.17) is 5.73 Å². The number of carbonyl (C=O) groups excluding carboxylic acids is 2. The van der Waals surface area contributed by atoms with Crippen LogP contribution in [0.15, 0.2) is 12.3 Å². The Balaban J connectivity index is 2.52. The molecule has 0 atom stereocenters. The van der Waals surface area contributed by atoms with Crippen LogP contribution in [0.25, 0.3) is 0 Å². The summed E-state index contributed by atoms with van der Waals surface area (Å²) in [6.07, 6.45) is 1.50. The van der Waals surface area contributed by atoms with Crippen molar-refractivity contribution < 1.29 is 9.59 Å². The van der Waals surface area contributed by atoms with E-state index in [1.54, 1.807) is 13.0 Å². The van der Waals surface area contributed by atoms with Gasteiger partial charge < -0.3 is 16.4 Å². The Kier molecular flexibility index (Phi) is 4.45. The van der Waals surface area contributed by atoms with Gasteiger partial charge in [0.15, 0.2) is 0 Å². The molecule has 0 aromatic carbocycles. The molecule has 0 bridgehead atoms. The molecule has 92 valence electrons. The average molecular weight is 236 g/mol. The Labute approximate surface area is 99.6 Å². The summed E-state index contributed by atoms with van der Waals surface area (Å²) in [5.41, 5.74) is 7.08. The fraction of sp³-hybridized carbons (Fsp3) is 0.364. The predicted molar refractivity (Wildman–Crippen MR) is 64.4 cm³/mol. The predicted octanol–water partition coefficient (Wildman–Crippen LogP) is -0.162. The van der Waals surface area contributed by atoms with Crippen LogP contribution in [-0.4, -0.2) is 29.9 Å². The molecule has 0 saturated carbocycles. The van der Waals surface area contributed by atoms with E-state index in [1.807, 2.05) is 0 Å². The third kappa shape index (κ3) is 4.10. The van der Waals surface area contributed by atoms with Gasteiger partial charge in [0, 0.05) is 20.0 Å². The van der Waals surface area contributed by atoms with Gasteiger partial charge in [-0.05, 0) is 13.0 Å². The summed E-state index contributed by atoms with van der Waals surface area (Å²) in [6, 6.07) is 1.58. The van der Waals surface area contributed by atoms with Gasteiger partial charge in [-0.3, -0.25) is 14.6 Å². The number of hydrogen-bond acceptors (Lipinski definition) is 4. The van der Waals surface area contributed by atoms with Crippen LogP contribution in [0.3, 0.4) is 0 Å². The Morgan fingerprint density at radius 2 is 2.00 bits per heavy atom. The van der Waals surface area contributed by atoms with Crippen molar-refractivity contribution >= 4 is 17.5 Å². The first-order valence-corrected chi connectivity index (χ1v) is 5.25. The molecule has 1 aromatic rings. The maximum absolute atomic E-state index is 11.7. The largest absolute Gasteiger partial charge is 0.397 e. The molecular formula is C11H16N4O2. The molecule has 4 N–H and O–H groups in total. The standard InChI is InChI=1S/C11H16N4O2/c1-7-10(5-9(12)6-15-7)11(17)14-4-3-13-8(2)16/h5-6H,3-4,12H2,1-2H3,(H,13,16)(H,14,17). The highest BCUT2D eigenvalue weighted by molar-refractivity contribution is 5.95.